The first-order valence-electron chi connectivity index (χ1n) is 7.82. The third-order valence-corrected chi connectivity index (χ3v) is 4.58. The van der Waals surface area contributed by atoms with Crippen molar-refractivity contribution in [3.8, 4) is 0 Å². The minimum absolute atomic E-state index is 0.0183. The average molecular weight is 343 g/mol. The second kappa shape index (κ2) is 6.11. The number of furan rings is 1. The number of alkyl halides is 3. The Bertz CT molecular complexity index is 766. The summed E-state index contributed by atoms with van der Waals surface area (Å²) in [5.41, 5.74) is 0.848. The van der Waals surface area contributed by atoms with Crippen molar-refractivity contribution in [3.63, 3.8) is 0 Å². The number of carbonyl (C=O) groups is 1. The van der Waals surface area contributed by atoms with Gasteiger partial charge in [-0.3, -0.25) is 4.79 Å². The predicted molar refractivity (Wildman–Crippen MR) is 80.2 cm³/mol. The van der Waals surface area contributed by atoms with Crippen LogP contribution in [0.25, 0.3) is 11.0 Å². The lowest BCUT2D eigenvalue weighted by molar-refractivity contribution is -0.183. The summed E-state index contributed by atoms with van der Waals surface area (Å²) in [5.74, 6) is -2.37. The summed E-state index contributed by atoms with van der Waals surface area (Å²) < 4.78 is 57.3. The molecule has 7 heteroatoms. The van der Waals surface area contributed by atoms with E-state index in [1.54, 1.807) is 6.92 Å². The van der Waals surface area contributed by atoms with Gasteiger partial charge in [0.15, 0.2) is 5.76 Å². The van der Waals surface area contributed by atoms with Gasteiger partial charge in [-0.1, -0.05) is 6.42 Å². The Morgan fingerprint density at radius 2 is 2.04 bits per heavy atom. The molecule has 0 spiro atoms. The van der Waals surface area contributed by atoms with E-state index in [2.05, 4.69) is 5.32 Å². The molecular weight excluding hydrogens is 326 g/mol. The number of amides is 1. The molecule has 1 aromatic carbocycles. The molecule has 0 saturated heterocycles. The van der Waals surface area contributed by atoms with E-state index in [0.29, 0.717) is 29.4 Å². The average Bonchev–Trinajstić information content (AvgIpc) is 2.84. The lowest BCUT2D eigenvalue weighted by atomic mass is 9.85. The highest BCUT2D eigenvalue weighted by molar-refractivity contribution is 5.99. The zero-order valence-electron chi connectivity index (χ0n) is 13.0. The van der Waals surface area contributed by atoms with Crippen molar-refractivity contribution in [2.75, 3.05) is 0 Å². The zero-order valence-corrected chi connectivity index (χ0v) is 13.0. The maximum absolute atomic E-state index is 13.3. The maximum atomic E-state index is 13.3. The number of hydrogen-bond acceptors (Lipinski definition) is 2. The lowest BCUT2D eigenvalue weighted by Gasteiger charge is -2.30. The summed E-state index contributed by atoms with van der Waals surface area (Å²) in [4.78, 5) is 12.4. The van der Waals surface area contributed by atoms with Crippen LogP contribution in [0, 0.1) is 18.7 Å². The monoisotopic (exact) mass is 343 g/mol. The number of halogens is 4. The minimum Gasteiger partial charge on any atom is -0.451 e. The molecule has 0 radical (unpaired) electrons. The van der Waals surface area contributed by atoms with Gasteiger partial charge < -0.3 is 9.73 Å². The summed E-state index contributed by atoms with van der Waals surface area (Å²) in [6.45, 7) is 1.62. The molecule has 1 aliphatic rings. The highest BCUT2D eigenvalue weighted by Crippen LogP contribution is 2.37. The van der Waals surface area contributed by atoms with Gasteiger partial charge >= 0.3 is 6.18 Å². The molecule has 3 nitrogen and oxygen atoms in total. The molecule has 0 bridgehead atoms. The Balaban J connectivity index is 1.77. The predicted octanol–water partition coefficient (Wildman–Crippen LogP) is 4.73. The van der Waals surface area contributed by atoms with Crippen molar-refractivity contribution >= 4 is 16.9 Å². The zero-order chi connectivity index (χ0) is 17.5. The van der Waals surface area contributed by atoms with Gasteiger partial charge in [-0.25, -0.2) is 4.39 Å². The van der Waals surface area contributed by atoms with Crippen LogP contribution in [-0.2, 0) is 0 Å². The van der Waals surface area contributed by atoms with Gasteiger partial charge in [0.25, 0.3) is 5.91 Å². The molecule has 1 heterocycles. The Kier molecular flexibility index (Phi) is 4.27. The summed E-state index contributed by atoms with van der Waals surface area (Å²) in [7, 11) is 0. The van der Waals surface area contributed by atoms with Gasteiger partial charge in [-0.15, -0.1) is 0 Å². The Morgan fingerprint density at radius 1 is 1.29 bits per heavy atom. The fourth-order valence-corrected chi connectivity index (χ4v) is 3.28. The van der Waals surface area contributed by atoms with Crippen LogP contribution in [0.2, 0.25) is 0 Å². The molecule has 1 N–H and O–H groups in total. The van der Waals surface area contributed by atoms with Gasteiger partial charge in [0.2, 0.25) is 0 Å². The molecular formula is C17H17F4NO2. The van der Waals surface area contributed by atoms with Crippen molar-refractivity contribution in [2.45, 2.75) is 44.8 Å². The molecule has 2 atom stereocenters. The van der Waals surface area contributed by atoms with Crippen LogP contribution in [0.15, 0.2) is 22.6 Å². The fourth-order valence-electron chi connectivity index (χ4n) is 3.28. The molecule has 1 saturated carbocycles. The lowest BCUT2D eigenvalue weighted by Crippen LogP contribution is -2.41. The van der Waals surface area contributed by atoms with Crippen molar-refractivity contribution in [1.29, 1.82) is 0 Å². The van der Waals surface area contributed by atoms with Crippen molar-refractivity contribution in [1.82, 2.24) is 5.32 Å². The van der Waals surface area contributed by atoms with E-state index >= 15 is 0 Å². The Hall–Kier alpha value is -2.05. The first-order chi connectivity index (χ1) is 11.3. The smallest absolute Gasteiger partial charge is 0.391 e. The van der Waals surface area contributed by atoms with E-state index in [0.717, 1.165) is 0 Å². The van der Waals surface area contributed by atoms with E-state index in [1.807, 2.05) is 0 Å². The molecule has 1 aliphatic carbocycles. The third kappa shape index (κ3) is 3.25. The maximum Gasteiger partial charge on any atom is 0.391 e. The van der Waals surface area contributed by atoms with Crippen LogP contribution >= 0.6 is 0 Å². The van der Waals surface area contributed by atoms with Gasteiger partial charge in [0, 0.05) is 17.0 Å². The Morgan fingerprint density at radius 3 is 2.75 bits per heavy atom. The standard InChI is InChI=1S/C17H17F4NO2/c1-9-13-8-11(18)5-6-14(13)24-15(9)16(23)22-12-4-2-3-10(7-12)17(19,20)21/h5-6,8,10,12H,2-4,7H2,1H3,(H,22,23). The topological polar surface area (TPSA) is 42.2 Å². The quantitative estimate of drug-likeness (QED) is 0.801. The van der Waals surface area contributed by atoms with E-state index in [9.17, 15) is 22.4 Å². The molecule has 130 valence electrons. The number of carbonyl (C=O) groups excluding carboxylic acids is 1. The molecule has 1 amide bonds. The van der Waals surface area contributed by atoms with Crippen LogP contribution in [0.4, 0.5) is 17.6 Å². The van der Waals surface area contributed by atoms with E-state index in [-0.39, 0.29) is 18.6 Å². The van der Waals surface area contributed by atoms with Gasteiger partial charge in [0.05, 0.1) is 5.92 Å². The van der Waals surface area contributed by atoms with Gasteiger partial charge in [-0.2, -0.15) is 13.2 Å². The Labute approximate surface area is 136 Å². The molecule has 24 heavy (non-hydrogen) atoms. The van der Waals surface area contributed by atoms with E-state index < -0.39 is 29.9 Å². The molecule has 2 aromatic rings. The summed E-state index contributed by atoms with van der Waals surface area (Å²) in [5, 5.41) is 3.11. The highest BCUT2D eigenvalue weighted by Gasteiger charge is 2.42. The second-order valence-electron chi connectivity index (χ2n) is 6.27. The fraction of sp³-hybridized carbons (Fsp3) is 0.471. The third-order valence-electron chi connectivity index (χ3n) is 4.58. The molecule has 0 aliphatic heterocycles. The van der Waals surface area contributed by atoms with Crippen molar-refractivity contribution in [2.24, 2.45) is 5.92 Å². The molecule has 3 rings (SSSR count). The van der Waals surface area contributed by atoms with Crippen LogP contribution in [0.5, 0.6) is 0 Å². The van der Waals surface area contributed by atoms with Crippen molar-refractivity contribution < 1.29 is 26.8 Å². The minimum atomic E-state index is -4.24. The summed E-state index contributed by atoms with van der Waals surface area (Å²) >= 11 is 0. The molecule has 1 fully saturated rings. The summed E-state index contributed by atoms with van der Waals surface area (Å²) in [6, 6.07) is 3.38. The SMILES string of the molecule is Cc1c(C(=O)NC2CCCC(C(F)(F)F)C2)oc2ccc(F)cc12. The number of nitrogens with one attached hydrogen (secondary N) is 1. The van der Waals surface area contributed by atoms with Crippen LogP contribution in [-0.4, -0.2) is 18.1 Å². The number of rotatable bonds is 2. The van der Waals surface area contributed by atoms with Crippen LogP contribution in [0.3, 0.4) is 0 Å². The number of fused-ring (bicyclic) bond motifs is 1. The van der Waals surface area contributed by atoms with Crippen LogP contribution < -0.4 is 5.32 Å². The highest BCUT2D eigenvalue weighted by atomic mass is 19.4. The molecule has 2 unspecified atom stereocenters. The molecule has 1 aromatic heterocycles. The van der Waals surface area contributed by atoms with Gasteiger partial charge in [-0.05, 0) is 44.4 Å². The van der Waals surface area contributed by atoms with Crippen molar-refractivity contribution in [3.05, 3.63) is 35.3 Å². The van der Waals surface area contributed by atoms with E-state index in [4.69, 9.17) is 4.42 Å². The van der Waals surface area contributed by atoms with E-state index in [1.165, 1.54) is 18.2 Å². The first-order valence-corrected chi connectivity index (χ1v) is 7.82. The normalized spacial score (nSPS) is 21.9. The largest absolute Gasteiger partial charge is 0.451 e. The number of hydrogen-bond donors (Lipinski definition) is 1. The van der Waals surface area contributed by atoms with Crippen LogP contribution in [0.1, 0.15) is 41.8 Å². The van der Waals surface area contributed by atoms with Gasteiger partial charge in [0.1, 0.15) is 11.4 Å². The number of aryl methyl sites for hydroxylation is 1. The second-order valence-corrected chi connectivity index (χ2v) is 6.27. The first kappa shape index (κ1) is 16.8. The number of benzene rings is 1. The summed E-state index contributed by atoms with van der Waals surface area (Å²) in [6.07, 6.45) is -3.34.